The zero-order chi connectivity index (χ0) is 16.9. The number of benzene rings is 2. The molecule has 0 aliphatic carbocycles. The molecule has 0 radical (unpaired) electrons. The summed E-state index contributed by atoms with van der Waals surface area (Å²) < 4.78 is 11.2. The fourth-order valence-electron chi connectivity index (χ4n) is 2.50. The zero-order valence-corrected chi connectivity index (χ0v) is 13.8. The second-order valence-electron chi connectivity index (χ2n) is 5.68. The topological polar surface area (TPSA) is 52.3 Å². The Labute approximate surface area is 141 Å². The Morgan fingerprint density at radius 1 is 1.04 bits per heavy atom. The predicted molar refractivity (Wildman–Crippen MR) is 91.8 cm³/mol. The lowest BCUT2D eigenvalue weighted by Crippen LogP contribution is -2.10. The fraction of sp³-hybridized carbons (Fsp3) is 0.200. The molecule has 24 heavy (non-hydrogen) atoms. The van der Waals surface area contributed by atoms with Crippen LogP contribution in [0, 0.1) is 13.8 Å². The smallest absolute Gasteiger partial charge is 0.311 e. The van der Waals surface area contributed by atoms with E-state index in [-0.39, 0.29) is 12.4 Å². The van der Waals surface area contributed by atoms with Gasteiger partial charge in [0.05, 0.1) is 12.6 Å². The van der Waals surface area contributed by atoms with Crippen LogP contribution in [0.4, 0.5) is 0 Å². The lowest BCUT2D eigenvalue weighted by Gasteiger charge is -2.09. The largest absolute Gasteiger partial charge is 0.441 e. The highest BCUT2D eigenvalue weighted by Crippen LogP contribution is 2.23. The molecule has 4 nitrogen and oxygen atoms in total. The number of carbonyl (C=O) groups is 1. The van der Waals surface area contributed by atoms with Gasteiger partial charge < -0.3 is 9.15 Å². The third-order valence-electron chi connectivity index (χ3n) is 3.78. The molecule has 3 aromatic rings. The van der Waals surface area contributed by atoms with Gasteiger partial charge in [0.25, 0.3) is 0 Å². The molecule has 0 aliphatic heterocycles. The van der Waals surface area contributed by atoms with Gasteiger partial charge in [-0.15, -0.1) is 0 Å². The van der Waals surface area contributed by atoms with Crippen LogP contribution < -0.4 is 4.74 Å². The minimum Gasteiger partial charge on any atom is -0.441 e. The number of hydrogen-bond acceptors (Lipinski definition) is 4. The van der Waals surface area contributed by atoms with Crippen LogP contribution in [0.15, 0.2) is 59.1 Å². The van der Waals surface area contributed by atoms with E-state index in [1.807, 2.05) is 62.4 Å². The molecule has 1 aromatic heterocycles. The molecule has 0 fully saturated rings. The van der Waals surface area contributed by atoms with Crippen LogP contribution in [-0.4, -0.2) is 11.0 Å². The summed E-state index contributed by atoms with van der Waals surface area (Å²) in [5, 5.41) is 0. The molecule has 3 rings (SSSR count). The number of carbonyl (C=O) groups excluding carboxylic acids is 1. The Bertz CT molecular complexity index is 817. The number of oxazole rings is 1. The van der Waals surface area contributed by atoms with Crippen molar-refractivity contribution in [2.24, 2.45) is 0 Å². The molecule has 0 saturated heterocycles. The first-order valence-corrected chi connectivity index (χ1v) is 7.90. The Balaban J connectivity index is 1.60. The van der Waals surface area contributed by atoms with Gasteiger partial charge in [0, 0.05) is 12.0 Å². The summed E-state index contributed by atoms with van der Waals surface area (Å²) in [6.07, 6.45) is 2.32. The summed E-state index contributed by atoms with van der Waals surface area (Å²) in [5.41, 5.74) is 2.87. The number of rotatable bonds is 5. The first-order chi connectivity index (χ1) is 11.6. The standard InChI is InChI=1S/C20H19NO3/c1-14-7-6-8-15(2)20(14)24-19(22)12-11-18-21-13-17(23-18)16-9-4-3-5-10-16/h3-10,13H,11-12H2,1-2H3. The number of aromatic nitrogens is 1. The van der Waals surface area contributed by atoms with Gasteiger partial charge in [-0.25, -0.2) is 4.98 Å². The highest BCUT2D eigenvalue weighted by Gasteiger charge is 2.12. The third-order valence-corrected chi connectivity index (χ3v) is 3.78. The van der Waals surface area contributed by atoms with Gasteiger partial charge in [-0.1, -0.05) is 48.5 Å². The quantitative estimate of drug-likeness (QED) is 0.513. The van der Waals surface area contributed by atoms with E-state index in [0.717, 1.165) is 16.7 Å². The van der Waals surface area contributed by atoms with Gasteiger partial charge in [-0.2, -0.15) is 0 Å². The summed E-state index contributed by atoms with van der Waals surface area (Å²) in [7, 11) is 0. The van der Waals surface area contributed by atoms with Crippen LogP contribution in [-0.2, 0) is 11.2 Å². The molecule has 122 valence electrons. The average molecular weight is 321 g/mol. The molecule has 0 spiro atoms. The average Bonchev–Trinajstić information content (AvgIpc) is 3.06. The molecule has 0 atom stereocenters. The van der Waals surface area contributed by atoms with Crippen molar-refractivity contribution in [3.8, 4) is 17.1 Å². The minimum absolute atomic E-state index is 0.225. The highest BCUT2D eigenvalue weighted by atomic mass is 16.5. The van der Waals surface area contributed by atoms with Crippen molar-refractivity contribution in [3.63, 3.8) is 0 Å². The third kappa shape index (κ3) is 3.71. The van der Waals surface area contributed by atoms with Crippen molar-refractivity contribution in [2.45, 2.75) is 26.7 Å². The van der Waals surface area contributed by atoms with Crippen LogP contribution >= 0.6 is 0 Å². The van der Waals surface area contributed by atoms with Gasteiger partial charge in [-0.05, 0) is 25.0 Å². The normalized spacial score (nSPS) is 10.6. The molecular formula is C20H19NO3. The van der Waals surface area contributed by atoms with Crippen molar-refractivity contribution < 1.29 is 13.9 Å². The number of nitrogens with zero attached hydrogens (tertiary/aromatic N) is 1. The monoisotopic (exact) mass is 321 g/mol. The van der Waals surface area contributed by atoms with E-state index < -0.39 is 0 Å². The van der Waals surface area contributed by atoms with E-state index in [9.17, 15) is 4.79 Å². The van der Waals surface area contributed by atoms with Crippen LogP contribution in [0.1, 0.15) is 23.4 Å². The number of ether oxygens (including phenoxy) is 1. The lowest BCUT2D eigenvalue weighted by molar-refractivity contribution is -0.134. The Kier molecular flexibility index (Phi) is 4.75. The van der Waals surface area contributed by atoms with Crippen molar-refractivity contribution in [3.05, 3.63) is 71.7 Å². The zero-order valence-electron chi connectivity index (χ0n) is 13.8. The summed E-state index contributed by atoms with van der Waals surface area (Å²) in [5.74, 6) is 1.59. The van der Waals surface area contributed by atoms with E-state index in [1.165, 1.54) is 0 Å². The molecular weight excluding hydrogens is 302 g/mol. The maximum absolute atomic E-state index is 12.1. The fourth-order valence-corrected chi connectivity index (χ4v) is 2.50. The van der Waals surface area contributed by atoms with Crippen molar-refractivity contribution >= 4 is 5.97 Å². The molecule has 0 N–H and O–H groups in total. The van der Waals surface area contributed by atoms with Crippen molar-refractivity contribution in [2.75, 3.05) is 0 Å². The Morgan fingerprint density at radius 3 is 2.46 bits per heavy atom. The van der Waals surface area contributed by atoms with Gasteiger partial charge >= 0.3 is 5.97 Å². The van der Waals surface area contributed by atoms with Crippen LogP contribution in [0.3, 0.4) is 0 Å². The first-order valence-electron chi connectivity index (χ1n) is 7.90. The van der Waals surface area contributed by atoms with Gasteiger partial charge in [0.2, 0.25) is 0 Å². The molecule has 0 saturated carbocycles. The summed E-state index contributed by atoms with van der Waals surface area (Å²) >= 11 is 0. The predicted octanol–water partition coefficient (Wildman–Crippen LogP) is 4.50. The van der Waals surface area contributed by atoms with Crippen LogP contribution in [0.25, 0.3) is 11.3 Å². The summed E-state index contributed by atoms with van der Waals surface area (Å²) in [6, 6.07) is 15.5. The molecule has 0 amide bonds. The maximum Gasteiger partial charge on any atom is 0.311 e. The minimum atomic E-state index is -0.285. The second kappa shape index (κ2) is 7.13. The first kappa shape index (κ1) is 16.0. The SMILES string of the molecule is Cc1cccc(C)c1OC(=O)CCc1ncc(-c2ccccc2)o1. The highest BCUT2D eigenvalue weighted by molar-refractivity contribution is 5.73. The van der Waals surface area contributed by atoms with Crippen LogP contribution in [0.2, 0.25) is 0 Å². The Morgan fingerprint density at radius 2 is 1.75 bits per heavy atom. The molecule has 1 heterocycles. The van der Waals surface area contributed by atoms with Crippen LogP contribution in [0.5, 0.6) is 5.75 Å². The number of aryl methyl sites for hydroxylation is 3. The lowest BCUT2D eigenvalue weighted by atomic mass is 10.1. The van der Waals surface area contributed by atoms with Gasteiger partial charge in [0.15, 0.2) is 11.7 Å². The van der Waals surface area contributed by atoms with E-state index in [1.54, 1.807) is 6.20 Å². The van der Waals surface area contributed by atoms with E-state index in [0.29, 0.717) is 23.8 Å². The molecule has 2 aromatic carbocycles. The van der Waals surface area contributed by atoms with E-state index >= 15 is 0 Å². The molecule has 4 heteroatoms. The molecule has 0 bridgehead atoms. The Hall–Kier alpha value is -2.88. The molecule has 0 unspecified atom stereocenters. The van der Waals surface area contributed by atoms with Crippen molar-refractivity contribution in [1.82, 2.24) is 4.98 Å². The maximum atomic E-state index is 12.1. The second-order valence-corrected chi connectivity index (χ2v) is 5.68. The van der Waals surface area contributed by atoms with E-state index in [4.69, 9.17) is 9.15 Å². The van der Waals surface area contributed by atoms with Gasteiger partial charge in [0.1, 0.15) is 5.75 Å². The number of esters is 1. The number of hydrogen-bond donors (Lipinski definition) is 0. The van der Waals surface area contributed by atoms with Gasteiger partial charge in [-0.3, -0.25) is 4.79 Å². The summed E-state index contributed by atoms with van der Waals surface area (Å²) in [4.78, 5) is 16.3. The van der Waals surface area contributed by atoms with E-state index in [2.05, 4.69) is 4.98 Å². The number of para-hydroxylation sites is 1. The summed E-state index contributed by atoms with van der Waals surface area (Å²) in [6.45, 7) is 3.85. The van der Waals surface area contributed by atoms with Crippen molar-refractivity contribution in [1.29, 1.82) is 0 Å². The molecule has 0 aliphatic rings.